The van der Waals surface area contributed by atoms with Crippen molar-refractivity contribution >= 4 is 5.82 Å². The smallest absolute Gasteiger partial charge is 0.144 e. The van der Waals surface area contributed by atoms with Gasteiger partial charge in [0.15, 0.2) is 0 Å². The Hall–Kier alpha value is -1.64. The van der Waals surface area contributed by atoms with Crippen LogP contribution in [0.3, 0.4) is 0 Å². The summed E-state index contributed by atoms with van der Waals surface area (Å²) in [4.78, 5) is 4.34. The van der Waals surface area contributed by atoms with E-state index in [0.717, 1.165) is 12.1 Å². The zero-order valence-corrected chi connectivity index (χ0v) is 10.7. The van der Waals surface area contributed by atoms with Crippen LogP contribution in [-0.4, -0.2) is 37.5 Å². The molecular formula is C13H17N3O2. The first-order valence-electron chi connectivity index (χ1n) is 5.94. The molecule has 1 atom stereocenters. The summed E-state index contributed by atoms with van der Waals surface area (Å²) in [6, 6.07) is 5.73. The Labute approximate surface area is 107 Å². The third kappa shape index (κ3) is 2.61. The molecule has 5 heteroatoms. The van der Waals surface area contributed by atoms with Gasteiger partial charge >= 0.3 is 0 Å². The fourth-order valence-corrected chi connectivity index (χ4v) is 1.99. The minimum absolute atomic E-state index is 0.307. The highest BCUT2D eigenvalue weighted by molar-refractivity contribution is 5.52. The van der Waals surface area contributed by atoms with E-state index in [1.165, 1.54) is 0 Å². The van der Waals surface area contributed by atoms with Gasteiger partial charge in [-0.05, 0) is 19.1 Å². The van der Waals surface area contributed by atoms with E-state index >= 15 is 0 Å². The van der Waals surface area contributed by atoms with Gasteiger partial charge in [0.25, 0.3) is 0 Å². The van der Waals surface area contributed by atoms with Crippen molar-refractivity contribution in [3.63, 3.8) is 0 Å². The van der Waals surface area contributed by atoms with E-state index in [1.54, 1.807) is 13.2 Å². The van der Waals surface area contributed by atoms with Gasteiger partial charge in [0.1, 0.15) is 17.5 Å². The van der Waals surface area contributed by atoms with Gasteiger partial charge in [-0.3, -0.25) is 0 Å². The van der Waals surface area contributed by atoms with Crippen LogP contribution in [-0.2, 0) is 9.47 Å². The third-order valence-corrected chi connectivity index (χ3v) is 3.23. The van der Waals surface area contributed by atoms with Crippen LogP contribution in [0.2, 0.25) is 0 Å². The second-order valence-corrected chi connectivity index (χ2v) is 4.50. The van der Waals surface area contributed by atoms with Crippen LogP contribution in [0.15, 0.2) is 12.1 Å². The van der Waals surface area contributed by atoms with Crippen LogP contribution in [0, 0.1) is 18.3 Å². The fraction of sp³-hybridized carbons (Fsp3) is 0.538. The summed E-state index contributed by atoms with van der Waals surface area (Å²) in [5.74, 6) is 0.612. The van der Waals surface area contributed by atoms with E-state index in [0.29, 0.717) is 31.1 Å². The van der Waals surface area contributed by atoms with E-state index in [9.17, 15) is 0 Å². The summed E-state index contributed by atoms with van der Waals surface area (Å²) in [5.41, 5.74) is 1.12. The van der Waals surface area contributed by atoms with Gasteiger partial charge in [0, 0.05) is 32.4 Å². The molecule has 2 rings (SSSR count). The Balaban J connectivity index is 2.10. The maximum atomic E-state index is 9.04. The minimum atomic E-state index is -0.307. The van der Waals surface area contributed by atoms with Crippen LogP contribution >= 0.6 is 0 Å². The largest absolute Gasteiger partial charge is 0.378 e. The SMILES string of the molecule is COC1(CNc2nc(C)ccc2C#N)CCOC1. The summed E-state index contributed by atoms with van der Waals surface area (Å²) in [7, 11) is 1.69. The molecule has 1 N–H and O–H groups in total. The lowest BCUT2D eigenvalue weighted by molar-refractivity contribution is -0.00625. The normalized spacial score (nSPS) is 22.7. The van der Waals surface area contributed by atoms with E-state index in [1.807, 2.05) is 13.0 Å². The zero-order chi connectivity index (χ0) is 13.0. The number of aromatic nitrogens is 1. The lowest BCUT2D eigenvalue weighted by atomic mass is 10.0. The molecule has 0 radical (unpaired) electrons. The Morgan fingerprint density at radius 1 is 1.61 bits per heavy atom. The Bertz CT molecular complexity index is 462. The number of anilines is 1. The second-order valence-electron chi connectivity index (χ2n) is 4.50. The van der Waals surface area contributed by atoms with Crippen molar-refractivity contribution in [1.82, 2.24) is 4.98 Å². The number of nitriles is 1. The minimum Gasteiger partial charge on any atom is -0.378 e. The number of pyridine rings is 1. The number of nitrogens with zero attached hydrogens (tertiary/aromatic N) is 2. The van der Waals surface area contributed by atoms with Crippen LogP contribution in [0.5, 0.6) is 0 Å². The highest BCUT2D eigenvalue weighted by Crippen LogP contribution is 2.23. The number of hydrogen-bond acceptors (Lipinski definition) is 5. The molecule has 1 aromatic heterocycles. The summed E-state index contributed by atoms with van der Waals surface area (Å²) in [6.45, 7) is 3.78. The average Bonchev–Trinajstić information content (AvgIpc) is 2.86. The maximum absolute atomic E-state index is 9.04. The van der Waals surface area contributed by atoms with E-state index < -0.39 is 0 Å². The highest BCUT2D eigenvalue weighted by Gasteiger charge is 2.34. The maximum Gasteiger partial charge on any atom is 0.144 e. The summed E-state index contributed by atoms with van der Waals surface area (Å²) < 4.78 is 10.9. The van der Waals surface area contributed by atoms with Crippen molar-refractivity contribution in [1.29, 1.82) is 5.26 Å². The number of hydrogen-bond donors (Lipinski definition) is 1. The quantitative estimate of drug-likeness (QED) is 0.872. The van der Waals surface area contributed by atoms with Gasteiger partial charge in [-0.15, -0.1) is 0 Å². The van der Waals surface area contributed by atoms with Crippen LogP contribution < -0.4 is 5.32 Å². The first-order chi connectivity index (χ1) is 8.69. The van der Waals surface area contributed by atoms with Crippen LogP contribution in [0.4, 0.5) is 5.82 Å². The van der Waals surface area contributed by atoms with Crippen molar-refractivity contribution in [3.05, 3.63) is 23.4 Å². The molecule has 1 aromatic rings. The van der Waals surface area contributed by atoms with Crippen molar-refractivity contribution in [2.45, 2.75) is 18.9 Å². The summed E-state index contributed by atoms with van der Waals surface area (Å²) in [6.07, 6.45) is 0.851. The van der Waals surface area contributed by atoms with Crippen molar-refractivity contribution in [2.75, 3.05) is 32.2 Å². The highest BCUT2D eigenvalue weighted by atomic mass is 16.5. The van der Waals surface area contributed by atoms with Gasteiger partial charge in [0.05, 0.1) is 12.2 Å². The molecule has 96 valence electrons. The molecule has 1 saturated heterocycles. The molecule has 1 unspecified atom stereocenters. The molecule has 0 amide bonds. The topological polar surface area (TPSA) is 67.2 Å². The number of methoxy groups -OCH3 is 1. The molecular weight excluding hydrogens is 230 g/mol. The lowest BCUT2D eigenvalue weighted by Crippen LogP contribution is -2.39. The number of ether oxygens (including phenoxy) is 2. The van der Waals surface area contributed by atoms with Crippen molar-refractivity contribution in [2.24, 2.45) is 0 Å². The van der Waals surface area contributed by atoms with Gasteiger partial charge in [-0.1, -0.05) is 0 Å². The molecule has 2 heterocycles. The van der Waals surface area contributed by atoms with Crippen LogP contribution in [0.25, 0.3) is 0 Å². The standard InChI is InChI=1S/C13H17N3O2/c1-10-3-4-11(7-14)12(16-10)15-8-13(17-2)5-6-18-9-13/h3-4H,5-6,8-9H2,1-2H3,(H,15,16). The predicted molar refractivity (Wildman–Crippen MR) is 67.4 cm³/mol. The molecule has 0 bridgehead atoms. The molecule has 18 heavy (non-hydrogen) atoms. The van der Waals surface area contributed by atoms with Gasteiger partial charge in [0.2, 0.25) is 0 Å². The number of aryl methyl sites for hydroxylation is 1. The molecule has 1 aliphatic rings. The Kier molecular flexibility index (Phi) is 3.80. The first kappa shape index (κ1) is 12.8. The van der Waals surface area contributed by atoms with Gasteiger partial charge in [-0.25, -0.2) is 4.98 Å². The molecule has 5 nitrogen and oxygen atoms in total. The second kappa shape index (κ2) is 5.34. The number of rotatable bonds is 4. The predicted octanol–water partition coefficient (Wildman–Crippen LogP) is 1.48. The zero-order valence-electron chi connectivity index (χ0n) is 10.7. The molecule has 1 aliphatic heterocycles. The average molecular weight is 247 g/mol. The van der Waals surface area contributed by atoms with Gasteiger partial charge in [-0.2, -0.15) is 5.26 Å². The van der Waals surface area contributed by atoms with Crippen molar-refractivity contribution in [3.8, 4) is 6.07 Å². The van der Waals surface area contributed by atoms with E-state index in [-0.39, 0.29) is 5.60 Å². The van der Waals surface area contributed by atoms with Gasteiger partial charge < -0.3 is 14.8 Å². The number of nitrogens with one attached hydrogen (secondary N) is 1. The fourth-order valence-electron chi connectivity index (χ4n) is 1.99. The first-order valence-corrected chi connectivity index (χ1v) is 5.94. The molecule has 0 saturated carbocycles. The van der Waals surface area contributed by atoms with E-state index in [4.69, 9.17) is 14.7 Å². The Morgan fingerprint density at radius 2 is 2.44 bits per heavy atom. The molecule has 1 fully saturated rings. The van der Waals surface area contributed by atoms with Crippen LogP contribution in [0.1, 0.15) is 17.7 Å². The Morgan fingerprint density at radius 3 is 3.06 bits per heavy atom. The summed E-state index contributed by atoms with van der Waals surface area (Å²) in [5, 5.41) is 12.2. The van der Waals surface area contributed by atoms with Crippen molar-refractivity contribution < 1.29 is 9.47 Å². The van der Waals surface area contributed by atoms with E-state index in [2.05, 4.69) is 16.4 Å². The lowest BCUT2D eigenvalue weighted by Gasteiger charge is -2.26. The third-order valence-electron chi connectivity index (χ3n) is 3.23. The monoisotopic (exact) mass is 247 g/mol. The molecule has 0 aliphatic carbocycles. The summed E-state index contributed by atoms with van der Waals surface area (Å²) >= 11 is 0. The molecule has 0 spiro atoms. The molecule has 0 aromatic carbocycles.